The van der Waals surface area contributed by atoms with E-state index in [1.54, 1.807) is 0 Å². The van der Waals surface area contributed by atoms with Crippen molar-refractivity contribution in [2.45, 2.75) is 46.2 Å². The number of nitrogens with one attached hydrogen (secondary N) is 1. The summed E-state index contributed by atoms with van der Waals surface area (Å²) in [5.41, 5.74) is 9.25. The lowest BCUT2D eigenvalue weighted by Gasteiger charge is -2.18. The molecular weight excluding hydrogens is 248 g/mol. The first-order valence-electron chi connectivity index (χ1n) is 6.03. The number of rotatable bonds is 4. The second-order valence-corrected chi connectivity index (χ2v) is 4.76. The smallest absolute Gasteiger partial charge is 0.222 e. The van der Waals surface area contributed by atoms with Crippen molar-refractivity contribution in [3.05, 3.63) is 34.9 Å². The van der Waals surface area contributed by atoms with Gasteiger partial charge >= 0.3 is 0 Å². The van der Waals surface area contributed by atoms with E-state index in [2.05, 4.69) is 31.3 Å². The summed E-state index contributed by atoms with van der Waals surface area (Å²) in [4.78, 5) is 11.6. The van der Waals surface area contributed by atoms with Gasteiger partial charge in [-0.25, -0.2) is 0 Å². The number of benzene rings is 1. The van der Waals surface area contributed by atoms with Gasteiger partial charge in [-0.1, -0.05) is 18.2 Å². The third-order valence-electron chi connectivity index (χ3n) is 3.00. The second-order valence-electron chi connectivity index (χ2n) is 4.76. The Balaban J connectivity index is 0.00000289. The van der Waals surface area contributed by atoms with Crippen LogP contribution in [0.5, 0.6) is 0 Å². The van der Waals surface area contributed by atoms with Gasteiger partial charge in [0.2, 0.25) is 5.91 Å². The SMILES string of the molecule is Cc1cccc(C(C)NC(=O)CC(C)N)c1C.Cl. The van der Waals surface area contributed by atoms with Crippen LogP contribution >= 0.6 is 12.4 Å². The maximum Gasteiger partial charge on any atom is 0.222 e. The predicted octanol–water partition coefficient (Wildman–Crippen LogP) is 2.64. The van der Waals surface area contributed by atoms with E-state index < -0.39 is 0 Å². The summed E-state index contributed by atoms with van der Waals surface area (Å²) < 4.78 is 0. The number of hydrogen-bond acceptors (Lipinski definition) is 2. The molecule has 0 heterocycles. The summed E-state index contributed by atoms with van der Waals surface area (Å²) in [5, 5.41) is 2.98. The minimum absolute atomic E-state index is 0. The molecule has 0 saturated carbocycles. The molecule has 0 aliphatic heterocycles. The summed E-state index contributed by atoms with van der Waals surface area (Å²) >= 11 is 0. The van der Waals surface area contributed by atoms with Crippen LogP contribution < -0.4 is 11.1 Å². The molecule has 18 heavy (non-hydrogen) atoms. The van der Waals surface area contributed by atoms with E-state index in [4.69, 9.17) is 5.73 Å². The van der Waals surface area contributed by atoms with Crippen LogP contribution in [0, 0.1) is 13.8 Å². The Labute approximate surface area is 116 Å². The van der Waals surface area contributed by atoms with E-state index in [9.17, 15) is 4.79 Å². The van der Waals surface area contributed by atoms with E-state index >= 15 is 0 Å². The molecule has 0 radical (unpaired) electrons. The van der Waals surface area contributed by atoms with Gasteiger partial charge in [-0.05, 0) is 44.4 Å². The number of nitrogens with two attached hydrogens (primary N) is 1. The Morgan fingerprint density at radius 2 is 1.94 bits per heavy atom. The van der Waals surface area contributed by atoms with Crippen molar-refractivity contribution < 1.29 is 4.79 Å². The normalized spacial score (nSPS) is 13.4. The molecule has 1 amide bonds. The highest BCUT2D eigenvalue weighted by Crippen LogP contribution is 2.20. The van der Waals surface area contributed by atoms with Crippen LogP contribution in [0.4, 0.5) is 0 Å². The number of amides is 1. The minimum Gasteiger partial charge on any atom is -0.350 e. The van der Waals surface area contributed by atoms with Gasteiger partial charge in [0.1, 0.15) is 0 Å². The highest BCUT2D eigenvalue weighted by Gasteiger charge is 2.13. The lowest BCUT2D eigenvalue weighted by Crippen LogP contribution is -2.32. The Hall–Kier alpha value is -1.06. The number of halogens is 1. The van der Waals surface area contributed by atoms with Crippen molar-refractivity contribution in [3.8, 4) is 0 Å². The fourth-order valence-electron chi connectivity index (χ4n) is 1.91. The highest BCUT2D eigenvalue weighted by molar-refractivity contribution is 5.85. The van der Waals surface area contributed by atoms with Crippen molar-refractivity contribution in [2.75, 3.05) is 0 Å². The first kappa shape index (κ1) is 16.9. The van der Waals surface area contributed by atoms with E-state index in [-0.39, 0.29) is 30.4 Å². The average molecular weight is 271 g/mol. The maximum absolute atomic E-state index is 11.6. The zero-order chi connectivity index (χ0) is 13.0. The van der Waals surface area contributed by atoms with Crippen LogP contribution in [0.15, 0.2) is 18.2 Å². The maximum atomic E-state index is 11.6. The largest absolute Gasteiger partial charge is 0.350 e. The van der Waals surface area contributed by atoms with Crippen LogP contribution in [0.25, 0.3) is 0 Å². The summed E-state index contributed by atoms with van der Waals surface area (Å²) in [6.45, 7) is 8.00. The first-order valence-corrected chi connectivity index (χ1v) is 6.03. The molecule has 1 rings (SSSR count). The molecule has 4 heteroatoms. The summed E-state index contributed by atoms with van der Waals surface area (Å²) in [5.74, 6) is 0.00778. The molecule has 2 atom stereocenters. The van der Waals surface area contributed by atoms with Crippen LogP contribution in [0.1, 0.15) is 43.0 Å². The molecule has 0 bridgehead atoms. The molecule has 3 nitrogen and oxygen atoms in total. The van der Waals surface area contributed by atoms with Gasteiger partial charge in [0.25, 0.3) is 0 Å². The Morgan fingerprint density at radius 1 is 1.33 bits per heavy atom. The van der Waals surface area contributed by atoms with Crippen LogP contribution in [-0.2, 0) is 4.79 Å². The molecular formula is C14H23ClN2O. The molecule has 2 unspecified atom stereocenters. The Morgan fingerprint density at radius 3 is 2.50 bits per heavy atom. The van der Waals surface area contributed by atoms with Crippen molar-refractivity contribution >= 4 is 18.3 Å². The van der Waals surface area contributed by atoms with Crippen molar-refractivity contribution in [1.29, 1.82) is 0 Å². The number of aryl methyl sites for hydroxylation is 1. The lowest BCUT2D eigenvalue weighted by molar-refractivity contribution is -0.122. The van der Waals surface area contributed by atoms with E-state index in [0.29, 0.717) is 6.42 Å². The van der Waals surface area contributed by atoms with Gasteiger partial charge in [0.15, 0.2) is 0 Å². The molecule has 0 aromatic heterocycles. The molecule has 0 aliphatic rings. The average Bonchev–Trinajstić information content (AvgIpc) is 2.20. The third-order valence-corrected chi connectivity index (χ3v) is 3.00. The zero-order valence-corrected chi connectivity index (χ0v) is 12.3. The molecule has 0 fully saturated rings. The fraction of sp³-hybridized carbons (Fsp3) is 0.500. The molecule has 3 N–H and O–H groups in total. The lowest BCUT2D eigenvalue weighted by atomic mass is 9.98. The van der Waals surface area contributed by atoms with Gasteiger partial charge < -0.3 is 11.1 Å². The van der Waals surface area contributed by atoms with Gasteiger partial charge in [-0.15, -0.1) is 12.4 Å². The molecule has 1 aromatic rings. The first-order chi connectivity index (χ1) is 7.91. The van der Waals surface area contributed by atoms with Gasteiger partial charge in [-0.2, -0.15) is 0 Å². The standard InChI is InChI=1S/C14H22N2O.ClH/c1-9-6-5-7-13(11(9)3)12(4)16-14(17)8-10(2)15;/h5-7,10,12H,8,15H2,1-4H3,(H,16,17);1H. The van der Waals surface area contributed by atoms with Gasteiger partial charge in [-0.3, -0.25) is 4.79 Å². The van der Waals surface area contributed by atoms with E-state index in [1.807, 2.05) is 19.9 Å². The minimum atomic E-state index is -0.0965. The Kier molecular flexibility index (Phi) is 6.96. The van der Waals surface area contributed by atoms with Crippen molar-refractivity contribution in [2.24, 2.45) is 5.73 Å². The number of carbonyl (C=O) groups is 1. The van der Waals surface area contributed by atoms with E-state index in [0.717, 1.165) is 0 Å². The quantitative estimate of drug-likeness (QED) is 0.884. The molecule has 0 saturated heterocycles. The topological polar surface area (TPSA) is 55.1 Å². The zero-order valence-electron chi connectivity index (χ0n) is 11.5. The van der Waals surface area contributed by atoms with Gasteiger partial charge in [0.05, 0.1) is 6.04 Å². The molecule has 0 aliphatic carbocycles. The van der Waals surface area contributed by atoms with Crippen LogP contribution in [-0.4, -0.2) is 11.9 Å². The van der Waals surface area contributed by atoms with Crippen molar-refractivity contribution in [1.82, 2.24) is 5.32 Å². The van der Waals surface area contributed by atoms with Crippen LogP contribution in [0.2, 0.25) is 0 Å². The Bertz CT molecular complexity index is 405. The predicted molar refractivity (Wildman–Crippen MR) is 78.0 cm³/mol. The van der Waals surface area contributed by atoms with Gasteiger partial charge in [0, 0.05) is 12.5 Å². The monoisotopic (exact) mass is 270 g/mol. The fourth-order valence-corrected chi connectivity index (χ4v) is 1.91. The number of carbonyl (C=O) groups excluding carboxylic acids is 1. The summed E-state index contributed by atoms with van der Waals surface area (Å²) in [6, 6.07) is 6.09. The third kappa shape index (κ3) is 4.67. The van der Waals surface area contributed by atoms with Crippen molar-refractivity contribution in [3.63, 3.8) is 0 Å². The highest BCUT2D eigenvalue weighted by atomic mass is 35.5. The number of hydrogen-bond donors (Lipinski definition) is 2. The molecule has 0 spiro atoms. The molecule has 102 valence electrons. The van der Waals surface area contributed by atoms with E-state index in [1.165, 1.54) is 16.7 Å². The van der Waals surface area contributed by atoms with Crippen LogP contribution in [0.3, 0.4) is 0 Å². The second kappa shape index (κ2) is 7.39. The summed E-state index contributed by atoms with van der Waals surface area (Å²) in [6.07, 6.45) is 0.370. The summed E-state index contributed by atoms with van der Waals surface area (Å²) in [7, 11) is 0. The molecule has 1 aromatic carbocycles.